The first-order chi connectivity index (χ1) is 10.6. The van der Waals surface area contributed by atoms with Crippen molar-refractivity contribution in [3.8, 4) is 0 Å². The molecule has 6 heteroatoms. The second-order valence-corrected chi connectivity index (χ2v) is 5.14. The highest BCUT2D eigenvalue weighted by molar-refractivity contribution is 5.94. The van der Waals surface area contributed by atoms with Gasteiger partial charge in [-0.15, -0.1) is 0 Å². The van der Waals surface area contributed by atoms with Crippen LogP contribution in [0.2, 0.25) is 0 Å². The highest BCUT2D eigenvalue weighted by Crippen LogP contribution is 2.21. The highest BCUT2D eigenvalue weighted by Gasteiger charge is 2.27. The molecule has 1 saturated heterocycles. The Balaban J connectivity index is 1.65. The minimum atomic E-state index is -0.746. The Bertz CT molecular complexity index is 678. The molecule has 4 nitrogen and oxygen atoms in total. The van der Waals surface area contributed by atoms with E-state index in [4.69, 9.17) is 0 Å². The van der Waals surface area contributed by atoms with Crippen LogP contribution in [0.3, 0.4) is 0 Å². The van der Waals surface area contributed by atoms with Crippen LogP contribution in [-0.4, -0.2) is 12.1 Å². The highest BCUT2D eigenvalue weighted by atomic mass is 19.1. The molecule has 0 radical (unpaired) electrons. The van der Waals surface area contributed by atoms with Crippen LogP contribution in [0.4, 0.5) is 8.78 Å². The maximum absolute atomic E-state index is 13.6. The van der Waals surface area contributed by atoms with Crippen LogP contribution < -0.4 is 16.2 Å². The molecule has 0 saturated carbocycles. The monoisotopic (exact) mass is 303 g/mol. The van der Waals surface area contributed by atoms with Crippen molar-refractivity contribution in [3.05, 3.63) is 71.3 Å². The van der Waals surface area contributed by atoms with Crippen LogP contribution >= 0.6 is 0 Å². The van der Waals surface area contributed by atoms with Gasteiger partial charge in [0.15, 0.2) is 0 Å². The Hall–Kier alpha value is -2.31. The van der Waals surface area contributed by atoms with Crippen molar-refractivity contribution in [1.29, 1.82) is 0 Å². The van der Waals surface area contributed by atoms with Gasteiger partial charge in [-0.1, -0.05) is 30.3 Å². The van der Waals surface area contributed by atoms with Crippen LogP contribution in [0, 0.1) is 11.6 Å². The summed E-state index contributed by atoms with van der Waals surface area (Å²) in [5.74, 6) is -2.04. The average molecular weight is 303 g/mol. The third-order valence-corrected chi connectivity index (χ3v) is 3.58. The lowest BCUT2D eigenvalue weighted by molar-refractivity contribution is 0.0927. The Morgan fingerprint density at radius 1 is 1.09 bits per heavy atom. The number of nitrogens with one attached hydrogen (secondary N) is 3. The first-order valence-corrected chi connectivity index (χ1v) is 6.95. The van der Waals surface area contributed by atoms with Gasteiger partial charge in [0.1, 0.15) is 11.6 Å². The van der Waals surface area contributed by atoms with Crippen molar-refractivity contribution in [2.24, 2.45) is 0 Å². The van der Waals surface area contributed by atoms with Crippen molar-refractivity contribution in [2.45, 2.75) is 18.6 Å². The van der Waals surface area contributed by atoms with Gasteiger partial charge in [0, 0.05) is 12.5 Å². The smallest absolute Gasteiger partial charge is 0.255 e. The van der Waals surface area contributed by atoms with E-state index in [9.17, 15) is 13.6 Å². The van der Waals surface area contributed by atoms with Crippen molar-refractivity contribution in [1.82, 2.24) is 16.2 Å². The zero-order chi connectivity index (χ0) is 15.5. The summed E-state index contributed by atoms with van der Waals surface area (Å²) < 4.78 is 26.7. The molecule has 3 rings (SSSR count). The van der Waals surface area contributed by atoms with E-state index in [1.165, 1.54) is 0 Å². The van der Waals surface area contributed by atoms with E-state index in [0.717, 1.165) is 23.8 Å². The predicted octanol–water partition coefficient (Wildman–Crippen LogP) is 2.26. The number of rotatable bonds is 3. The van der Waals surface area contributed by atoms with Crippen LogP contribution in [0.5, 0.6) is 0 Å². The Kier molecular flexibility index (Phi) is 4.13. The second-order valence-electron chi connectivity index (χ2n) is 5.14. The van der Waals surface area contributed by atoms with Gasteiger partial charge in [-0.25, -0.2) is 19.6 Å². The molecule has 22 heavy (non-hydrogen) atoms. The molecule has 1 heterocycles. The van der Waals surface area contributed by atoms with Gasteiger partial charge in [0.05, 0.1) is 11.7 Å². The number of carbonyl (C=O) groups excluding carboxylic acids is 1. The molecule has 2 aromatic carbocycles. The SMILES string of the molecule is O=C(NC1CC(c2ccccc2)NN1)c1cc(F)ccc1F. The molecule has 1 aliphatic rings. The van der Waals surface area contributed by atoms with Gasteiger partial charge >= 0.3 is 0 Å². The van der Waals surface area contributed by atoms with E-state index >= 15 is 0 Å². The molecule has 1 amide bonds. The van der Waals surface area contributed by atoms with Gasteiger partial charge in [0.25, 0.3) is 5.91 Å². The van der Waals surface area contributed by atoms with Gasteiger partial charge in [-0.3, -0.25) is 4.79 Å². The fourth-order valence-electron chi connectivity index (χ4n) is 2.46. The van der Waals surface area contributed by atoms with Crippen molar-refractivity contribution < 1.29 is 13.6 Å². The third kappa shape index (κ3) is 3.13. The van der Waals surface area contributed by atoms with E-state index in [0.29, 0.717) is 6.42 Å². The summed E-state index contributed by atoms with van der Waals surface area (Å²) in [6.45, 7) is 0. The third-order valence-electron chi connectivity index (χ3n) is 3.58. The van der Waals surface area contributed by atoms with Crippen molar-refractivity contribution >= 4 is 5.91 Å². The molecular weight excluding hydrogens is 288 g/mol. The fraction of sp³-hybridized carbons (Fsp3) is 0.188. The topological polar surface area (TPSA) is 53.2 Å². The number of benzene rings is 2. The van der Waals surface area contributed by atoms with Gasteiger partial charge in [-0.05, 0) is 23.8 Å². The van der Waals surface area contributed by atoms with Gasteiger partial charge in [0.2, 0.25) is 0 Å². The first-order valence-electron chi connectivity index (χ1n) is 6.95. The number of carbonyl (C=O) groups is 1. The molecule has 0 spiro atoms. The predicted molar refractivity (Wildman–Crippen MR) is 77.7 cm³/mol. The van der Waals surface area contributed by atoms with Gasteiger partial charge < -0.3 is 5.32 Å². The minimum absolute atomic E-state index is 0.0452. The Morgan fingerprint density at radius 2 is 1.86 bits per heavy atom. The molecule has 0 aromatic heterocycles. The molecule has 0 bridgehead atoms. The Labute approximate surface area is 126 Å². The second kappa shape index (κ2) is 6.21. The summed E-state index contributed by atoms with van der Waals surface area (Å²) in [6, 6.07) is 12.6. The van der Waals surface area contributed by atoms with E-state index in [-0.39, 0.29) is 17.8 Å². The molecule has 3 N–H and O–H groups in total. The lowest BCUT2D eigenvalue weighted by Gasteiger charge is -2.12. The lowest BCUT2D eigenvalue weighted by Crippen LogP contribution is -2.44. The summed E-state index contributed by atoms with van der Waals surface area (Å²) in [5, 5.41) is 2.64. The van der Waals surface area contributed by atoms with Crippen LogP contribution in [-0.2, 0) is 0 Å². The zero-order valence-corrected chi connectivity index (χ0v) is 11.6. The summed E-state index contributed by atoms with van der Waals surface area (Å²) in [4.78, 5) is 12.0. The summed E-state index contributed by atoms with van der Waals surface area (Å²) >= 11 is 0. The molecule has 1 fully saturated rings. The van der Waals surface area contributed by atoms with E-state index in [1.807, 2.05) is 30.3 Å². The van der Waals surface area contributed by atoms with E-state index < -0.39 is 17.5 Å². The number of amides is 1. The van der Waals surface area contributed by atoms with Gasteiger partial charge in [-0.2, -0.15) is 0 Å². The van der Waals surface area contributed by atoms with Crippen LogP contribution in [0.1, 0.15) is 28.4 Å². The number of halogens is 2. The summed E-state index contributed by atoms with van der Waals surface area (Å²) in [7, 11) is 0. The molecule has 0 aliphatic carbocycles. The lowest BCUT2D eigenvalue weighted by atomic mass is 10.0. The minimum Gasteiger partial charge on any atom is -0.335 e. The molecule has 1 aliphatic heterocycles. The summed E-state index contributed by atoms with van der Waals surface area (Å²) in [5.41, 5.74) is 6.80. The number of hydrogen-bond acceptors (Lipinski definition) is 3. The maximum Gasteiger partial charge on any atom is 0.255 e. The standard InChI is InChI=1S/C16H15F2N3O/c17-11-6-7-13(18)12(8-11)16(22)19-15-9-14(20-21-15)10-4-2-1-3-5-10/h1-8,14-15,20-21H,9H2,(H,19,22). The zero-order valence-electron chi connectivity index (χ0n) is 11.6. The van der Waals surface area contributed by atoms with E-state index in [1.54, 1.807) is 0 Å². The summed E-state index contributed by atoms with van der Waals surface area (Å²) in [6.07, 6.45) is 0.243. The van der Waals surface area contributed by atoms with Crippen molar-refractivity contribution in [3.63, 3.8) is 0 Å². The number of hydrogen-bond donors (Lipinski definition) is 3. The fourth-order valence-corrected chi connectivity index (χ4v) is 2.46. The molecule has 2 atom stereocenters. The largest absolute Gasteiger partial charge is 0.335 e. The molecular formula is C16H15F2N3O. The molecule has 2 unspecified atom stereocenters. The first kappa shape index (κ1) is 14.6. The number of hydrazine groups is 1. The quantitative estimate of drug-likeness (QED) is 0.815. The average Bonchev–Trinajstić information content (AvgIpc) is 2.99. The van der Waals surface area contributed by atoms with Crippen molar-refractivity contribution in [2.75, 3.05) is 0 Å². The molecule has 114 valence electrons. The van der Waals surface area contributed by atoms with E-state index in [2.05, 4.69) is 16.2 Å². The Morgan fingerprint density at radius 3 is 2.64 bits per heavy atom. The normalized spacial score (nSPS) is 20.8. The maximum atomic E-state index is 13.6. The van der Waals surface area contributed by atoms with Crippen LogP contribution in [0.15, 0.2) is 48.5 Å². The molecule has 2 aromatic rings. The van der Waals surface area contributed by atoms with Crippen LogP contribution in [0.25, 0.3) is 0 Å².